The Morgan fingerprint density at radius 1 is 1.18 bits per heavy atom. The molecule has 2 aromatic rings. The number of alkyl halides is 3. The summed E-state index contributed by atoms with van der Waals surface area (Å²) in [5, 5.41) is 14.5. The van der Waals surface area contributed by atoms with Crippen LogP contribution in [0.1, 0.15) is 49.4 Å². The molecule has 1 aromatic carbocycles. The van der Waals surface area contributed by atoms with Crippen molar-refractivity contribution in [1.82, 2.24) is 25.4 Å². The second kappa shape index (κ2) is 10.1. The minimum Gasteiger partial charge on any atom is -0.356 e. The van der Waals surface area contributed by atoms with Gasteiger partial charge in [-0.3, -0.25) is 0 Å². The van der Waals surface area contributed by atoms with Crippen LogP contribution in [0.3, 0.4) is 0 Å². The van der Waals surface area contributed by atoms with Crippen molar-refractivity contribution >= 4 is 5.96 Å². The second-order valence-electron chi connectivity index (χ2n) is 6.66. The Kier molecular flexibility index (Phi) is 7.83. The van der Waals surface area contributed by atoms with Crippen LogP contribution >= 0.6 is 0 Å². The molecule has 0 bridgehead atoms. The Balaban J connectivity index is 1.98. The first kappa shape index (κ1) is 21.7. The number of nitrogens with zero attached hydrogens (tertiary/aromatic N) is 4. The summed E-state index contributed by atoms with van der Waals surface area (Å²) >= 11 is 0. The highest BCUT2D eigenvalue weighted by Gasteiger charge is 2.25. The molecule has 2 N–H and O–H groups in total. The molecule has 0 radical (unpaired) electrons. The third-order valence-corrected chi connectivity index (χ3v) is 4.39. The van der Waals surface area contributed by atoms with Gasteiger partial charge in [-0.15, -0.1) is 10.2 Å². The van der Waals surface area contributed by atoms with Crippen LogP contribution < -0.4 is 10.6 Å². The zero-order valence-electron chi connectivity index (χ0n) is 16.4. The van der Waals surface area contributed by atoms with E-state index in [-0.39, 0.29) is 12.5 Å². The van der Waals surface area contributed by atoms with Crippen molar-refractivity contribution in [2.45, 2.75) is 51.9 Å². The number of rotatable bonds is 8. The standard InChI is InChI=1S/C19H27F3N6/c1-14(16-9-5-4-6-10-16)25-18(23-12-8-7-11-19(20,21)22)24-13-17-27-26-15(2)28(17)3/h4-6,9-10,14H,7-8,11-13H2,1-3H3,(H2,23,24,25). The predicted molar refractivity (Wildman–Crippen MR) is 103 cm³/mol. The van der Waals surface area contributed by atoms with Crippen LogP contribution in [-0.2, 0) is 13.6 Å². The molecule has 0 saturated carbocycles. The summed E-state index contributed by atoms with van der Waals surface area (Å²) in [6, 6.07) is 9.86. The van der Waals surface area contributed by atoms with E-state index >= 15 is 0 Å². The maximum atomic E-state index is 12.3. The Bertz CT molecular complexity index is 755. The number of benzene rings is 1. The summed E-state index contributed by atoms with van der Waals surface area (Å²) < 4.78 is 38.7. The van der Waals surface area contributed by atoms with Gasteiger partial charge in [0.05, 0.1) is 6.04 Å². The number of guanidine groups is 1. The zero-order chi connectivity index (χ0) is 20.6. The predicted octanol–water partition coefficient (Wildman–Crippen LogP) is 3.65. The van der Waals surface area contributed by atoms with Gasteiger partial charge in [-0.2, -0.15) is 13.2 Å². The number of aromatic nitrogens is 3. The highest BCUT2D eigenvalue weighted by molar-refractivity contribution is 5.80. The first-order valence-electron chi connectivity index (χ1n) is 9.27. The van der Waals surface area contributed by atoms with Gasteiger partial charge < -0.3 is 15.2 Å². The van der Waals surface area contributed by atoms with Crippen LogP contribution in [0, 0.1) is 6.92 Å². The molecule has 9 heteroatoms. The molecule has 2 rings (SSSR count). The lowest BCUT2D eigenvalue weighted by Crippen LogP contribution is -2.39. The van der Waals surface area contributed by atoms with E-state index in [0.717, 1.165) is 11.4 Å². The van der Waals surface area contributed by atoms with Crippen LogP contribution in [0.5, 0.6) is 0 Å². The molecular formula is C19H27F3N6. The van der Waals surface area contributed by atoms with E-state index < -0.39 is 12.6 Å². The molecule has 0 saturated heterocycles. The van der Waals surface area contributed by atoms with E-state index in [1.54, 1.807) is 0 Å². The Hall–Kier alpha value is -2.58. The summed E-state index contributed by atoms with van der Waals surface area (Å²) in [6.45, 7) is 4.58. The van der Waals surface area contributed by atoms with Gasteiger partial charge in [-0.05, 0) is 32.3 Å². The molecule has 0 amide bonds. The van der Waals surface area contributed by atoms with Crippen molar-refractivity contribution in [1.29, 1.82) is 0 Å². The van der Waals surface area contributed by atoms with Crippen molar-refractivity contribution in [2.24, 2.45) is 12.0 Å². The number of halogens is 3. The van der Waals surface area contributed by atoms with Crippen molar-refractivity contribution in [3.63, 3.8) is 0 Å². The molecule has 1 atom stereocenters. The summed E-state index contributed by atoms with van der Waals surface area (Å²) in [6.07, 6.45) is -4.39. The van der Waals surface area contributed by atoms with E-state index in [9.17, 15) is 13.2 Å². The van der Waals surface area contributed by atoms with E-state index in [1.807, 2.05) is 55.8 Å². The monoisotopic (exact) mass is 396 g/mol. The molecule has 0 aliphatic heterocycles. The molecule has 1 unspecified atom stereocenters. The van der Waals surface area contributed by atoms with Crippen molar-refractivity contribution in [3.8, 4) is 0 Å². The van der Waals surface area contributed by atoms with Gasteiger partial charge in [0.2, 0.25) is 0 Å². The maximum absolute atomic E-state index is 12.3. The summed E-state index contributed by atoms with van der Waals surface area (Å²) in [4.78, 5) is 4.53. The van der Waals surface area contributed by atoms with Crippen LogP contribution in [0.25, 0.3) is 0 Å². The number of aryl methyl sites for hydroxylation is 1. The van der Waals surface area contributed by atoms with Crippen LogP contribution in [0.2, 0.25) is 0 Å². The van der Waals surface area contributed by atoms with Crippen LogP contribution in [0.4, 0.5) is 13.2 Å². The fraction of sp³-hybridized carbons (Fsp3) is 0.526. The minimum absolute atomic E-state index is 0.0103. The molecule has 0 spiro atoms. The summed E-state index contributed by atoms with van der Waals surface area (Å²) in [7, 11) is 1.87. The molecular weight excluding hydrogens is 369 g/mol. The molecule has 0 aliphatic rings. The van der Waals surface area contributed by atoms with Gasteiger partial charge in [-0.1, -0.05) is 30.3 Å². The number of nitrogens with one attached hydrogen (secondary N) is 2. The van der Waals surface area contributed by atoms with Gasteiger partial charge in [-0.25, -0.2) is 4.99 Å². The largest absolute Gasteiger partial charge is 0.389 e. The lowest BCUT2D eigenvalue weighted by molar-refractivity contribution is -0.135. The first-order chi connectivity index (χ1) is 13.3. The molecule has 154 valence electrons. The molecule has 28 heavy (non-hydrogen) atoms. The van der Waals surface area contributed by atoms with Crippen molar-refractivity contribution in [2.75, 3.05) is 6.54 Å². The number of hydrogen-bond acceptors (Lipinski definition) is 3. The number of unbranched alkanes of at least 4 members (excludes halogenated alkanes) is 1. The third-order valence-electron chi connectivity index (χ3n) is 4.39. The molecule has 0 fully saturated rings. The summed E-state index contributed by atoms with van der Waals surface area (Å²) in [5.74, 6) is 2.03. The number of aliphatic imine (C=N–C) groups is 1. The normalized spacial score (nSPS) is 13.4. The highest BCUT2D eigenvalue weighted by Crippen LogP contribution is 2.21. The van der Waals surface area contributed by atoms with E-state index in [0.29, 0.717) is 31.3 Å². The van der Waals surface area contributed by atoms with Crippen molar-refractivity contribution in [3.05, 3.63) is 47.5 Å². The topological polar surface area (TPSA) is 67.1 Å². The Morgan fingerprint density at radius 3 is 2.50 bits per heavy atom. The van der Waals surface area contributed by atoms with Gasteiger partial charge in [0.25, 0.3) is 0 Å². The average Bonchev–Trinajstić information content (AvgIpc) is 2.97. The van der Waals surface area contributed by atoms with Crippen LogP contribution in [0.15, 0.2) is 35.3 Å². The minimum atomic E-state index is -4.11. The maximum Gasteiger partial charge on any atom is 0.389 e. The molecule has 1 heterocycles. The van der Waals surface area contributed by atoms with Gasteiger partial charge in [0.15, 0.2) is 11.8 Å². The average molecular weight is 396 g/mol. The zero-order valence-corrected chi connectivity index (χ0v) is 16.4. The number of hydrogen-bond donors (Lipinski definition) is 2. The van der Waals surface area contributed by atoms with E-state index in [1.165, 1.54) is 0 Å². The van der Waals surface area contributed by atoms with E-state index in [4.69, 9.17) is 0 Å². The smallest absolute Gasteiger partial charge is 0.356 e. The SMILES string of the molecule is Cc1nnc(CN=C(NCCCCC(F)(F)F)NC(C)c2ccccc2)n1C. The van der Waals surface area contributed by atoms with Gasteiger partial charge >= 0.3 is 6.18 Å². The molecule has 6 nitrogen and oxygen atoms in total. The van der Waals surface area contributed by atoms with Gasteiger partial charge in [0, 0.05) is 20.0 Å². The Morgan fingerprint density at radius 2 is 1.89 bits per heavy atom. The quantitative estimate of drug-likeness (QED) is 0.406. The lowest BCUT2D eigenvalue weighted by atomic mass is 10.1. The fourth-order valence-electron chi connectivity index (χ4n) is 2.58. The molecule has 1 aromatic heterocycles. The first-order valence-corrected chi connectivity index (χ1v) is 9.27. The van der Waals surface area contributed by atoms with Gasteiger partial charge in [0.1, 0.15) is 12.4 Å². The summed E-state index contributed by atoms with van der Waals surface area (Å²) in [5.41, 5.74) is 1.09. The van der Waals surface area contributed by atoms with Crippen LogP contribution in [-0.4, -0.2) is 33.4 Å². The van der Waals surface area contributed by atoms with E-state index in [2.05, 4.69) is 25.8 Å². The second-order valence-corrected chi connectivity index (χ2v) is 6.66. The highest BCUT2D eigenvalue weighted by atomic mass is 19.4. The third kappa shape index (κ3) is 7.21. The fourth-order valence-corrected chi connectivity index (χ4v) is 2.58. The molecule has 0 aliphatic carbocycles. The lowest BCUT2D eigenvalue weighted by Gasteiger charge is -2.19. The Labute approximate surface area is 163 Å². The van der Waals surface area contributed by atoms with Crippen molar-refractivity contribution < 1.29 is 13.2 Å².